The molecule has 0 unspecified atom stereocenters. The standard InChI is InChI=1S/C26H29FN4O5/c1-16-22(17(2)36-30-16)15-35-21-11-5-18(6-12-21)25(33)29-23-14-31(13-3-4-24(23)32)26(34)28-20-9-7-19(27)8-10-20/h5-12,23-24,32H,3-4,13-15H2,1-2H3,(H,28,34)(H,29,33)/t23-,24+/m0/s1. The van der Waals surface area contributed by atoms with Gasteiger partial charge in [0.05, 0.1) is 23.4 Å². The molecule has 190 valence electrons. The summed E-state index contributed by atoms with van der Waals surface area (Å²) in [7, 11) is 0. The molecule has 2 aromatic carbocycles. The molecule has 3 aromatic rings. The van der Waals surface area contributed by atoms with E-state index in [1.165, 1.54) is 29.2 Å². The van der Waals surface area contributed by atoms with Crippen molar-refractivity contribution in [1.82, 2.24) is 15.4 Å². The van der Waals surface area contributed by atoms with Crippen LogP contribution in [0.15, 0.2) is 53.1 Å². The van der Waals surface area contributed by atoms with E-state index >= 15 is 0 Å². The minimum absolute atomic E-state index is 0.137. The second-order valence-electron chi connectivity index (χ2n) is 8.79. The summed E-state index contributed by atoms with van der Waals surface area (Å²) in [6.45, 7) is 4.53. The zero-order valence-corrected chi connectivity index (χ0v) is 20.2. The lowest BCUT2D eigenvalue weighted by Crippen LogP contribution is -2.50. The molecule has 0 radical (unpaired) electrons. The number of anilines is 1. The number of nitrogens with one attached hydrogen (secondary N) is 2. The molecule has 1 aliphatic heterocycles. The summed E-state index contributed by atoms with van der Waals surface area (Å²) in [5.41, 5.74) is 2.51. The van der Waals surface area contributed by atoms with Crippen LogP contribution in [0.25, 0.3) is 0 Å². The van der Waals surface area contributed by atoms with Crippen molar-refractivity contribution in [2.24, 2.45) is 0 Å². The van der Waals surface area contributed by atoms with Crippen LogP contribution in [-0.4, -0.2) is 52.3 Å². The fourth-order valence-electron chi connectivity index (χ4n) is 4.02. The van der Waals surface area contributed by atoms with Crippen LogP contribution in [0, 0.1) is 19.7 Å². The van der Waals surface area contributed by atoms with E-state index in [0.29, 0.717) is 48.8 Å². The van der Waals surface area contributed by atoms with Gasteiger partial charge in [0.25, 0.3) is 5.91 Å². The molecular formula is C26H29FN4O5. The topological polar surface area (TPSA) is 117 Å². The van der Waals surface area contributed by atoms with Gasteiger partial charge in [-0.1, -0.05) is 5.16 Å². The number of hydrogen-bond acceptors (Lipinski definition) is 6. The number of nitrogens with zero attached hydrogens (tertiary/aromatic N) is 2. The van der Waals surface area contributed by atoms with Crippen LogP contribution in [0.1, 0.15) is 40.2 Å². The number of halogens is 1. The van der Waals surface area contributed by atoms with E-state index in [-0.39, 0.29) is 18.5 Å². The second kappa shape index (κ2) is 11.2. The Bertz CT molecular complexity index is 1180. The molecule has 0 spiro atoms. The lowest BCUT2D eigenvalue weighted by atomic mass is 10.1. The van der Waals surface area contributed by atoms with E-state index in [1.54, 1.807) is 24.3 Å². The third-order valence-corrected chi connectivity index (χ3v) is 6.19. The number of rotatable bonds is 6. The SMILES string of the molecule is Cc1noc(C)c1COc1ccc(C(=O)N[C@H]2CN(C(=O)Nc3ccc(F)cc3)CCC[C@H]2O)cc1. The fraction of sp³-hybridized carbons (Fsp3) is 0.346. The predicted octanol–water partition coefficient (Wildman–Crippen LogP) is 3.80. The van der Waals surface area contributed by atoms with Crippen molar-refractivity contribution < 1.29 is 28.3 Å². The fourth-order valence-corrected chi connectivity index (χ4v) is 4.02. The van der Waals surface area contributed by atoms with Crippen LogP contribution in [0.2, 0.25) is 0 Å². The normalized spacial score (nSPS) is 17.8. The summed E-state index contributed by atoms with van der Waals surface area (Å²) >= 11 is 0. The summed E-state index contributed by atoms with van der Waals surface area (Å²) < 4.78 is 24.0. The zero-order valence-electron chi connectivity index (χ0n) is 20.2. The van der Waals surface area contributed by atoms with Crippen LogP contribution in [0.3, 0.4) is 0 Å². The van der Waals surface area contributed by atoms with Crippen molar-refractivity contribution in [1.29, 1.82) is 0 Å². The molecule has 10 heteroatoms. The maximum absolute atomic E-state index is 13.1. The van der Waals surface area contributed by atoms with Gasteiger partial charge in [-0.2, -0.15) is 0 Å². The van der Waals surface area contributed by atoms with E-state index < -0.39 is 18.0 Å². The van der Waals surface area contributed by atoms with Gasteiger partial charge in [-0.3, -0.25) is 4.79 Å². The lowest BCUT2D eigenvalue weighted by Gasteiger charge is -2.27. The Morgan fingerprint density at radius 1 is 1.17 bits per heavy atom. The number of carbonyl (C=O) groups excluding carboxylic acids is 2. The molecule has 0 saturated carbocycles. The molecule has 2 heterocycles. The number of aromatic nitrogens is 1. The number of aliphatic hydroxyl groups excluding tert-OH is 1. The van der Waals surface area contributed by atoms with E-state index in [9.17, 15) is 19.1 Å². The average Bonchev–Trinajstić information content (AvgIpc) is 3.07. The largest absolute Gasteiger partial charge is 0.489 e. The quantitative estimate of drug-likeness (QED) is 0.478. The molecule has 1 saturated heterocycles. The Morgan fingerprint density at radius 2 is 1.89 bits per heavy atom. The highest BCUT2D eigenvalue weighted by molar-refractivity contribution is 5.94. The molecule has 0 aliphatic carbocycles. The van der Waals surface area contributed by atoms with Crippen LogP contribution in [-0.2, 0) is 6.61 Å². The highest BCUT2D eigenvalue weighted by Gasteiger charge is 2.29. The van der Waals surface area contributed by atoms with Gasteiger partial charge in [0.15, 0.2) is 0 Å². The van der Waals surface area contributed by atoms with E-state index in [2.05, 4.69) is 15.8 Å². The van der Waals surface area contributed by atoms with E-state index in [1.807, 2.05) is 13.8 Å². The summed E-state index contributed by atoms with van der Waals surface area (Å²) in [5, 5.41) is 20.0. The Hall–Kier alpha value is -3.92. The number of amides is 3. The van der Waals surface area contributed by atoms with Gasteiger partial charge in [0.2, 0.25) is 0 Å². The molecular weight excluding hydrogens is 467 g/mol. The van der Waals surface area contributed by atoms with Crippen molar-refractivity contribution in [3.8, 4) is 5.75 Å². The zero-order chi connectivity index (χ0) is 25.7. The van der Waals surface area contributed by atoms with Gasteiger partial charge in [-0.25, -0.2) is 9.18 Å². The molecule has 3 amide bonds. The smallest absolute Gasteiger partial charge is 0.321 e. The van der Waals surface area contributed by atoms with E-state index in [0.717, 1.165) is 11.3 Å². The summed E-state index contributed by atoms with van der Waals surface area (Å²) in [4.78, 5) is 27.2. The van der Waals surface area contributed by atoms with Gasteiger partial charge in [-0.05, 0) is 75.2 Å². The number of carbonyl (C=O) groups is 2. The second-order valence-corrected chi connectivity index (χ2v) is 8.79. The van der Waals surface area contributed by atoms with Crippen LogP contribution >= 0.6 is 0 Å². The summed E-state index contributed by atoms with van der Waals surface area (Å²) in [6.07, 6.45) is 0.233. The minimum atomic E-state index is -0.796. The van der Waals surface area contributed by atoms with Gasteiger partial charge < -0.3 is 29.9 Å². The van der Waals surface area contributed by atoms with Crippen molar-refractivity contribution in [2.75, 3.05) is 18.4 Å². The predicted molar refractivity (Wildman–Crippen MR) is 130 cm³/mol. The maximum Gasteiger partial charge on any atom is 0.321 e. The average molecular weight is 497 g/mol. The van der Waals surface area contributed by atoms with Crippen molar-refractivity contribution in [3.05, 3.63) is 76.9 Å². The minimum Gasteiger partial charge on any atom is -0.489 e. The first kappa shape index (κ1) is 25.2. The molecule has 36 heavy (non-hydrogen) atoms. The van der Waals surface area contributed by atoms with Crippen molar-refractivity contribution >= 4 is 17.6 Å². The highest BCUT2D eigenvalue weighted by Crippen LogP contribution is 2.19. The molecule has 9 nitrogen and oxygen atoms in total. The summed E-state index contributed by atoms with van der Waals surface area (Å²) in [6, 6.07) is 11.1. The van der Waals surface area contributed by atoms with Crippen molar-refractivity contribution in [3.63, 3.8) is 0 Å². The Balaban J connectivity index is 1.35. The molecule has 1 aromatic heterocycles. The molecule has 1 fully saturated rings. The van der Waals surface area contributed by atoms with Gasteiger partial charge in [0, 0.05) is 24.3 Å². The molecule has 2 atom stereocenters. The summed E-state index contributed by atoms with van der Waals surface area (Å²) in [5.74, 6) is 0.529. The van der Waals surface area contributed by atoms with E-state index in [4.69, 9.17) is 9.26 Å². The highest BCUT2D eigenvalue weighted by atomic mass is 19.1. The molecule has 1 aliphatic rings. The van der Waals surface area contributed by atoms with Crippen molar-refractivity contribution in [2.45, 2.75) is 45.4 Å². The van der Waals surface area contributed by atoms with Gasteiger partial charge in [0.1, 0.15) is 23.9 Å². The Labute approximate surface area is 208 Å². The number of aryl methyl sites for hydroxylation is 2. The number of hydrogen-bond donors (Lipinski definition) is 3. The third-order valence-electron chi connectivity index (χ3n) is 6.19. The number of urea groups is 1. The van der Waals surface area contributed by atoms with Crippen LogP contribution in [0.4, 0.5) is 14.9 Å². The first-order valence-electron chi connectivity index (χ1n) is 11.7. The maximum atomic E-state index is 13.1. The Kier molecular flexibility index (Phi) is 7.84. The van der Waals surface area contributed by atoms with Gasteiger partial charge >= 0.3 is 6.03 Å². The first-order chi connectivity index (χ1) is 17.3. The monoisotopic (exact) mass is 496 g/mol. The number of benzene rings is 2. The number of aliphatic hydroxyl groups is 1. The molecule has 4 rings (SSSR count). The molecule has 3 N–H and O–H groups in total. The number of likely N-dealkylation sites (tertiary alicyclic amines) is 1. The molecule has 0 bridgehead atoms. The van der Waals surface area contributed by atoms with Crippen LogP contribution in [0.5, 0.6) is 5.75 Å². The number of ether oxygens (including phenoxy) is 1. The lowest BCUT2D eigenvalue weighted by molar-refractivity contribution is 0.0811. The third kappa shape index (κ3) is 6.19. The van der Waals surface area contributed by atoms with Gasteiger partial charge in [-0.15, -0.1) is 0 Å². The first-order valence-corrected chi connectivity index (χ1v) is 11.7. The Morgan fingerprint density at radius 3 is 2.56 bits per heavy atom. The van der Waals surface area contributed by atoms with Crippen LogP contribution < -0.4 is 15.4 Å².